The normalized spacial score (nSPS) is 26.1. The molecule has 2 aromatic heterocycles. The van der Waals surface area contributed by atoms with E-state index in [4.69, 9.17) is 19.4 Å². The summed E-state index contributed by atoms with van der Waals surface area (Å²) >= 11 is 1.45. The highest BCUT2D eigenvalue weighted by atomic mass is 32.2. The molecule has 0 spiro atoms. The molecule has 4 amide bonds. The number of anilines is 1. The van der Waals surface area contributed by atoms with Gasteiger partial charge in [-0.2, -0.15) is 4.31 Å². The maximum Gasteiger partial charge on any atom is 0.330 e. The van der Waals surface area contributed by atoms with E-state index in [1.165, 1.54) is 20.5 Å². The second kappa shape index (κ2) is 20.3. The lowest BCUT2D eigenvalue weighted by atomic mass is 9.84. The minimum Gasteiger partial charge on any atom is -0.497 e. The van der Waals surface area contributed by atoms with Crippen LogP contribution in [0.15, 0.2) is 71.0 Å². The van der Waals surface area contributed by atoms with Gasteiger partial charge in [-0.1, -0.05) is 62.5 Å². The smallest absolute Gasteiger partial charge is 0.330 e. The average Bonchev–Trinajstić information content (AvgIpc) is 3.56. The molecule has 4 aromatic rings. The Morgan fingerprint density at radius 3 is 2.55 bits per heavy atom. The summed E-state index contributed by atoms with van der Waals surface area (Å²) in [4.78, 5) is 68.2. The molecule has 17 nitrogen and oxygen atoms in total. The molecule has 3 fully saturated rings. The summed E-state index contributed by atoms with van der Waals surface area (Å²) in [6.07, 6.45) is 11.1. The van der Waals surface area contributed by atoms with E-state index in [0.29, 0.717) is 52.2 Å². The summed E-state index contributed by atoms with van der Waals surface area (Å²) in [6, 6.07) is 11.0. The van der Waals surface area contributed by atoms with Gasteiger partial charge in [-0.05, 0) is 82.1 Å². The fourth-order valence-corrected chi connectivity index (χ4v) is 13.0. The molecule has 69 heavy (non-hydrogen) atoms. The maximum atomic E-state index is 15.1. The number of rotatable bonds is 12. The molecule has 9 rings (SSSR count). The van der Waals surface area contributed by atoms with Crippen molar-refractivity contribution in [2.24, 2.45) is 11.8 Å². The van der Waals surface area contributed by atoms with E-state index in [2.05, 4.69) is 21.3 Å². The van der Waals surface area contributed by atoms with Gasteiger partial charge >= 0.3 is 12.0 Å². The Morgan fingerprint density at radius 1 is 1.00 bits per heavy atom. The molecular formula is C50H62N8O9S2. The highest BCUT2D eigenvalue weighted by Crippen LogP contribution is 2.46. The number of pyridine rings is 1. The largest absolute Gasteiger partial charge is 0.497 e. The van der Waals surface area contributed by atoms with Crippen molar-refractivity contribution in [3.05, 3.63) is 71.6 Å². The number of carbonyl (C=O) groups excluding carboxylic acids is 3. The summed E-state index contributed by atoms with van der Waals surface area (Å²) in [6.45, 7) is 4.31. The number of carbonyl (C=O) groups is 4. The number of allylic oxidation sites excluding steroid dienone is 1. The van der Waals surface area contributed by atoms with Gasteiger partial charge < -0.3 is 40.7 Å². The zero-order valence-corrected chi connectivity index (χ0v) is 41.0. The number of hydrogen-bond donors (Lipinski definition) is 5. The molecule has 5 heterocycles. The van der Waals surface area contributed by atoms with E-state index < -0.39 is 69.5 Å². The first-order valence-electron chi connectivity index (χ1n) is 24.3. The second-order valence-corrected chi connectivity index (χ2v) is 22.2. The fourth-order valence-electron chi connectivity index (χ4n) is 10.5. The zero-order valence-electron chi connectivity index (χ0n) is 39.3. The number of ether oxygens (including phenoxy) is 2. The van der Waals surface area contributed by atoms with Crippen molar-refractivity contribution in [1.82, 2.24) is 35.1 Å². The van der Waals surface area contributed by atoms with Crippen molar-refractivity contribution in [1.29, 1.82) is 0 Å². The molecule has 1 saturated heterocycles. The third-order valence-corrected chi connectivity index (χ3v) is 16.9. The minimum atomic E-state index is -3.78. The number of benzene rings is 2. The number of amides is 4. The number of nitrogens with zero attached hydrogens (tertiary/aromatic N) is 4. The zero-order chi connectivity index (χ0) is 48.5. The van der Waals surface area contributed by atoms with Crippen LogP contribution in [0, 0.1) is 11.8 Å². The SMILES string of the molecule is COc1ccc2c(O[C@@H]3C[C@H]4C(=O)N[C@]5(C(=O)O)CC5/C=C\CCCCC[C@H](NC(=O)N[C@H](CN5Cc6ccccc6S5(=O)=O)C5CCCCC5)C(=O)N4C3)cc(-c3csc(NC(C)C)n3)nc2c1. The molecule has 368 valence electrons. The van der Waals surface area contributed by atoms with Gasteiger partial charge in [-0.25, -0.2) is 28.0 Å². The van der Waals surface area contributed by atoms with Crippen LogP contribution in [-0.4, -0.2) is 113 Å². The number of carboxylic acid groups (broad SMARTS) is 1. The lowest BCUT2D eigenvalue weighted by Crippen LogP contribution is -2.58. The van der Waals surface area contributed by atoms with Crippen LogP contribution in [0.5, 0.6) is 11.5 Å². The van der Waals surface area contributed by atoms with Gasteiger partial charge in [0.05, 0.1) is 29.8 Å². The van der Waals surface area contributed by atoms with Gasteiger partial charge in [0.2, 0.25) is 21.8 Å². The summed E-state index contributed by atoms with van der Waals surface area (Å²) < 4.78 is 41.2. The minimum absolute atomic E-state index is 0.0256. The van der Waals surface area contributed by atoms with Crippen molar-refractivity contribution in [3.63, 3.8) is 0 Å². The van der Waals surface area contributed by atoms with E-state index in [-0.39, 0.29) is 55.8 Å². The average molecular weight is 983 g/mol. The van der Waals surface area contributed by atoms with Crippen LogP contribution in [0.4, 0.5) is 9.93 Å². The van der Waals surface area contributed by atoms with Crippen LogP contribution in [0.1, 0.15) is 96.5 Å². The number of aliphatic carboxylic acids is 1. The molecule has 2 aromatic carbocycles. The quantitative estimate of drug-likeness (QED) is 0.0922. The number of carboxylic acids is 1. The Hall–Kier alpha value is -5.79. The monoisotopic (exact) mass is 982 g/mol. The molecule has 2 saturated carbocycles. The number of thiazole rings is 1. The summed E-state index contributed by atoms with van der Waals surface area (Å²) in [5, 5.41) is 26.0. The highest BCUT2D eigenvalue weighted by molar-refractivity contribution is 7.89. The molecular weight excluding hydrogens is 921 g/mol. The fraction of sp³-hybridized carbons (Fsp3) is 0.520. The van der Waals surface area contributed by atoms with Gasteiger partial charge in [-0.15, -0.1) is 11.3 Å². The Bertz CT molecular complexity index is 2720. The van der Waals surface area contributed by atoms with Crippen molar-refractivity contribution in [2.75, 3.05) is 25.5 Å². The molecule has 0 bridgehead atoms. The van der Waals surface area contributed by atoms with Crippen LogP contribution in [0.25, 0.3) is 22.3 Å². The number of sulfonamides is 1. The molecule has 2 aliphatic carbocycles. The number of hydrogen-bond acceptors (Lipinski definition) is 12. The van der Waals surface area contributed by atoms with Gasteiger partial charge in [-0.3, -0.25) is 9.59 Å². The number of aromatic nitrogens is 2. The van der Waals surface area contributed by atoms with Crippen LogP contribution in [0.2, 0.25) is 0 Å². The maximum absolute atomic E-state index is 15.1. The summed E-state index contributed by atoms with van der Waals surface area (Å²) in [7, 11) is -2.20. The Balaban J connectivity index is 1.00. The van der Waals surface area contributed by atoms with E-state index in [1.807, 2.05) is 49.6 Å². The number of fused-ring (bicyclic) bond motifs is 4. The van der Waals surface area contributed by atoms with Gasteiger partial charge in [0.25, 0.3) is 0 Å². The lowest BCUT2D eigenvalue weighted by Gasteiger charge is -2.34. The van der Waals surface area contributed by atoms with E-state index in [1.54, 1.807) is 37.4 Å². The van der Waals surface area contributed by atoms with Crippen LogP contribution in [0.3, 0.4) is 0 Å². The molecule has 19 heteroatoms. The van der Waals surface area contributed by atoms with Gasteiger partial charge in [0, 0.05) is 60.4 Å². The summed E-state index contributed by atoms with van der Waals surface area (Å²) in [5.41, 5.74) is 0.960. The Labute approximate surface area is 406 Å². The van der Waals surface area contributed by atoms with E-state index in [0.717, 1.165) is 50.1 Å². The first-order valence-corrected chi connectivity index (χ1v) is 26.6. The standard InChI is InChI=1S/C50H62N8O9S2/c1-30(2)51-49-55-41(29-68-49)39-24-43(36-21-20-34(66-3)22-38(36)52-39)67-35-23-42-45(59)56-50(47(61)62)25-33(50)17-10-5-4-6-11-18-37(46(60)58(42)27-35)53-48(63)54-40(31-14-8-7-9-15-31)28-57-26-32-16-12-13-19-44(32)69(57,64)65/h10,12-13,16-17,19-22,24,29-31,33,35,37,40,42H,4-9,11,14-15,18,23,25-28H2,1-3H3,(H,51,55)(H,56,59)(H,61,62)(H2,53,54,63)/b17-10-/t33?,35-,37+,40-,42+,50-/m1/s1. The summed E-state index contributed by atoms with van der Waals surface area (Å²) in [5.74, 6) is -1.59. The predicted octanol–water partition coefficient (Wildman–Crippen LogP) is 6.84. The third kappa shape index (κ3) is 10.4. The van der Waals surface area contributed by atoms with Gasteiger partial charge in [0.1, 0.15) is 40.9 Å². The lowest BCUT2D eigenvalue weighted by molar-refractivity contribution is -0.145. The van der Waals surface area contributed by atoms with Crippen molar-refractivity contribution in [2.45, 2.75) is 138 Å². The van der Waals surface area contributed by atoms with Crippen molar-refractivity contribution >= 4 is 61.2 Å². The first-order chi connectivity index (χ1) is 33.2. The van der Waals surface area contributed by atoms with Crippen LogP contribution in [-0.2, 0) is 31.0 Å². The van der Waals surface area contributed by atoms with Crippen molar-refractivity contribution in [3.8, 4) is 22.9 Å². The Kier molecular flexibility index (Phi) is 14.2. The number of nitrogens with one attached hydrogen (secondary N) is 4. The van der Waals surface area contributed by atoms with Crippen molar-refractivity contribution < 1.29 is 42.2 Å². The third-order valence-electron chi connectivity index (χ3n) is 14.3. The van der Waals surface area contributed by atoms with Crippen LogP contribution >= 0.6 is 11.3 Å². The predicted molar refractivity (Wildman–Crippen MR) is 261 cm³/mol. The van der Waals surface area contributed by atoms with Crippen LogP contribution < -0.4 is 30.7 Å². The van der Waals surface area contributed by atoms with E-state index >= 15 is 4.79 Å². The molecule has 1 unspecified atom stereocenters. The molecule has 0 radical (unpaired) electrons. The Morgan fingerprint density at radius 2 is 1.78 bits per heavy atom. The molecule has 6 atom stereocenters. The molecule has 5 aliphatic rings. The molecule has 3 aliphatic heterocycles. The second-order valence-electron chi connectivity index (χ2n) is 19.4. The first kappa shape index (κ1) is 48.2. The number of urea groups is 1. The molecule has 5 N–H and O–H groups in total. The number of methoxy groups -OCH3 is 1. The topological polar surface area (TPSA) is 221 Å². The van der Waals surface area contributed by atoms with E-state index in [9.17, 15) is 27.9 Å². The highest BCUT2D eigenvalue weighted by Gasteiger charge is 2.61. The van der Waals surface area contributed by atoms with Gasteiger partial charge in [0.15, 0.2) is 5.13 Å².